The zero-order chi connectivity index (χ0) is 24.3. The predicted octanol–water partition coefficient (Wildman–Crippen LogP) is 7.15. The third-order valence-electron chi connectivity index (χ3n) is 4.81. The first-order valence-corrected chi connectivity index (χ1v) is 10.2. The van der Waals surface area contributed by atoms with Crippen molar-refractivity contribution in [2.75, 3.05) is 10.6 Å². The van der Waals surface area contributed by atoms with Gasteiger partial charge in [-0.3, -0.25) is 4.98 Å². The zero-order valence-electron chi connectivity index (χ0n) is 17.3. The standard InChI is InChI=1S/C24H15ClF4N4O/c25-20-10-17(4-6-21(20)26)33-23-15(11-30)13-32-22-7-5-16(9-19(22)23)31-12-14-2-1-3-18(8-14)34-24(27,28)29/h1-10,13,31H,12H2,(H,32,33). The first-order chi connectivity index (χ1) is 16.2. The summed E-state index contributed by atoms with van der Waals surface area (Å²) >= 11 is 5.87. The van der Waals surface area contributed by atoms with E-state index < -0.39 is 12.2 Å². The molecule has 0 aliphatic heterocycles. The third kappa shape index (κ3) is 5.47. The largest absolute Gasteiger partial charge is 0.573 e. The Morgan fingerprint density at radius 3 is 2.56 bits per heavy atom. The minimum atomic E-state index is -4.77. The number of pyridine rings is 1. The molecule has 0 saturated carbocycles. The normalized spacial score (nSPS) is 11.2. The van der Waals surface area contributed by atoms with Crippen molar-refractivity contribution < 1.29 is 22.3 Å². The van der Waals surface area contributed by atoms with Gasteiger partial charge in [0.15, 0.2) is 0 Å². The Morgan fingerprint density at radius 1 is 1.03 bits per heavy atom. The average Bonchev–Trinajstić information content (AvgIpc) is 2.79. The van der Waals surface area contributed by atoms with Crippen molar-refractivity contribution in [1.29, 1.82) is 5.26 Å². The number of ether oxygens (including phenoxy) is 1. The number of halogens is 5. The lowest BCUT2D eigenvalue weighted by Gasteiger charge is -2.14. The number of nitrogens with one attached hydrogen (secondary N) is 2. The molecule has 3 aromatic carbocycles. The van der Waals surface area contributed by atoms with Gasteiger partial charge >= 0.3 is 6.36 Å². The zero-order valence-corrected chi connectivity index (χ0v) is 18.0. The van der Waals surface area contributed by atoms with E-state index in [0.29, 0.717) is 33.5 Å². The molecule has 0 aliphatic carbocycles. The highest BCUT2D eigenvalue weighted by atomic mass is 35.5. The molecule has 0 amide bonds. The van der Waals surface area contributed by atoms with Crippen LogP contribution in [0, 0.1) is 17.1 Å². The number of nitrogens with zero attached hydrogens (tertiary/aromatic N) is 2. The van der Waals surface area contributed by atoms with Crippen LogP contribution in [0.5, 0.6) is 5.75 Å². The summed E-state index contributed by atoms with van der Waals surface area (Å²) in [6, 6.07) is 17.1. The number of rotatable bonds is 6. The predicted molar refractivity (Wildman–Crippen MR) is 122 cm³/mol. The maximum atomic E-state index is 13.5. The van der Waals surface area contributed by atoms with Gasteiger partial charge < -0.3 is 15.4 Å². The van der Waals surface area contributed by atoms with Crippen LogP contribution < -0.4 is 15.4 Å². The molecule has 10 heteroatoms. The summed E-state index contributed by atoms with van der Waals surface area (Å²) in [5.74, 6) is -0.874. The highest BCUT2D eigenvalue weighted by molar-refractivity contribution is 6.31. The summed E-state index contributed by atoms with van der Waals surface area (Å²) in [7, 11) is 0. The lowest BCUT2D eigenvalue weighted by molar-refractivity contribution is -0.274. The molecular weight excluding hydrogens is 472 g/mol. The minimum Gasteiger partial charge on any atom is -0.406 e. The van der Waals surface area contributed by atoms with E-state index in [1.54, 1.807) is 24.3 Å². The second-order valence-corrected chi connectivity index (χ2v) is 7.60. The Hall–Kier alpha value is -4.03. The molecule has 0 fully saturated rings. The number of aromatic nitrogens is 1. The van der Waals surface area contributed by atoms with Crippen LogP contribution in [0.15, 0.2) is 66.9 Å². The van der Waals surface area contributed by atoms with Gasteiger partial charge in [-0.1, -0.05) is 23.7 Å². The quantitative estimate of drug-likeness (QED) is 0.283. The second-order valence-electron chi connectivity index (χ2n) is 7.19. The molecule has 0 radical (unpaired) electrons. The highest BCUT2D eigenvalue weighted by Crippen LogP contribution is 2.32. The van der Waals surface area contributed by atoms with Crippen molar-refractivity contribution in [3.8, 4) is 11.8 Å². The molecule has 1 heterocycles. The van der Waals surface area contributed by atoms with Crippen LogP contribution in [0.4, 0.5) is 34.6 Å². The van der Waals surface area contributed by atoms with E-state index in [4.69, 9.17) is 11.6 Å². The maximum Gasteiger partial charge on any atom is 0.573 e. The van der Waals surface area contributed by atoms with E-state index in [1.165, 1.54) is 42.6 Å². The van der Waals surface area contributed by atoms with Crippen molar-refractivity contribution in [2.24, 2.45) is 0 Å². The fraction of sp³-hybridized carbons (Fsp3) is 0.0833. The van der Waals surface area contributed by atoms with Crippen molar-refractivity contribution in [3.63, 3.8) is 0 Å². The number of hydrogen-bond donors (Lipinski definition) is 2. The maximum absolute atomic E-state index is 13.5. The van der Waals surface area contributed by atoms with Gasteiger partial charge in [0, 0.05) is 29.5 Å². The Kier molecular flexibility index (Phi) is 6.43. The Labute approximate surface area is 196 Å². The first-order valence-electron chi connectivity index (χ1n) is 9.85. The minimum absolute atomic E-state index is 0.0686. The first kappa shape index (κ1) is 23.1. The summed E-state index contributed by atoms with van der Waals surface area (Å²) in [4.78, 5) is 4.29. The van der Waals surface area contributed by atoms with E-state index in [9.17, 15) is 22.8 Å². The number of alkyl halides is 3. The second kappa shape index (κ2) is 9.45. The molecule has 0 unspecified atom stereocenters. The molecule has 34 heavy (non-hydrogen) atoms. The van der Waals surface area contributed by atoms with Crippen molar-refractivity contribution in [3.05, 3.63) is 88.8 Å². The molecule has 2 N–H and O–H groups in total. The van der Waals surface area contributed by atoms with E-state index in [2.05, 4.69) is 26.4 Å². The molecule has 4 rings (SSSR count). The average molecular weight is 487 g/mol. The molecular formula is C24H15ClF4N4O. The van der Waals surface area contributed by atoms with Crippen molar-refractivity contribution >= 4 is 39.6 Å². The molecule has 5 nitrogen and oxygen atoms in total. The fourth-order valence-corrected chi connectivity index (χ4v) is 3.48. The van der Waals surface area contributed by atoms with Gasteiger partial charge in [-0.2, -0.15) is 5.26 Å². The third-order valence-corrected chi connectivity index (χ3v) is 5.10. The molecule has 0 saturated heterocycles. The molecule has 0 atom stereocenters. The summed E-state index contributed by atoms with van der Waals surface area (Å²) in [6.07, 6.45) is -3.34. The molecule has 0 spiro atoms. The monoisotopic (exact) mass is 486 g/mol. The number of fused-ring (bicyclic) bond motifs is 1. The Balaban J connectivity index is 1.62. The molecule has 0 bridgehead atoms. The van der Waals surface area contributed by atoms with Gasteiger partial charge in [0.2, 0.25) is 0 Å². The van der Waals surface area contributed by atoms with Gasteiger partial charge in [0.1, 0.15) is 17.6 Å². The van der Waals surface area contributed by atoms with Crippen LogP contribution in [0.2, 0.25) is 5.02 Å². The van der Waals surface area contributed by atoms with Crippen LogP contribution in [0.3, 0.4) is 0 Å². The smallest absolute Gasteiger partial charge is 0.406 e. The number of nitriles is 1. The van der Waals surface area contributed by atoms with E-state index in [0.717, 1.165) is 0 Å². The van der Waals surface area contributed by atoms with E-state index >= 15 is 0 Å². The molecule has 4 aromatic rings. The summed E-state index contributed by atoms with van der Waals surface area (Å²) < 4.78 is 54.9. The van der Waals surface area contributed by atoms with E-state index in [-0.39, 0.29) is 22.9 Å². The van der Waals surface area contributed by atoms with Gasteiger partial charge in [-0.25, -0.2) is 4.39 Å². The SMILES string of the molecule is N#Cc1cnc2ccc(NCc3cccc(OC(F)(F)F)c3)cc2c1Nc1ccc(F)c(Cl)c1. The van der Waals surface area contributed by atoms with Crippen LogP contribution in [0.25, 0.3) is 10.9 Å². The van der Waals surface area contributed by atoms with Crippen LogP contribution in [-0.4, -0.2) is 11.3 Å². The van der Waals surface area contributed by atoms with Crippen LogP contribution in [0.1, 0.15) is 11.1 Å². The topological polar surface area (TPSA) is 70.0 Å². The molecule has 1 aromatic heterocycles. The van der Waals surface area contributed by atoms with Gasteiger partial charge in [0.25, 0.3) is 0 Å². The van der Waals surface area contributed by atoms with Crippen molar-refractivity contribution in [1.82, 2.24) is 4.98 Å². The van der Waals surface area contributed by atoms with Crippen molar-refractivity contribution in [2.45, 2.75) is 12.9 Å². The van der Waals surface area contributed by atoms with Gasteiger partial charge in [-0.15, -0.1) is 13.2 Å². The number of hydrogen-bond acceptors (Lipinski definition) is 5. The highest BCUT2D eigenvalue weighted by Gasteiger charge is 2.31. The lowest BCUT2D eigenvalue weighted by Crippen LogP contribution is -2.17. The summed E-state index contributed by atoms with van der Waals surface area (Å²) in [5, 5.41) is 16.3. The van der Waals surface area contributed by atoms with Crippen LogP contribution >= 0.6 is 11.6 Å². The Bertz CT molecular complexity index is 1400. The summed E-state index contributed by atoms with van der Waals surface area (Å²) in [6.45, 7) is 0.224. The Morgan fingerprint density at radius 2 is 1.82 bits per heavy atom. The fourth-order valence-electron chi connectivity index (χ4n) is 3.30. The number of benzene rings is 3. The number of anilines is 3. The van der Waals surface area contributed by atoms with Crippen LogP contribution in [-0.2, 0) is 6.54 Å². The lowest BCUT2D eigenvalue weighted by atomic mass is 10.1. The van der Waals surface area contributed by atoms with E-state index in [1.807, 2.05) is 0 Å². The molecule has 0 aliphatic rings. The summed E-state index contributed by atoms with van der Waals surface area (Å²) in [5.41, 5.74) is 3.02. The van der Waals surface area contributed by atoms with Gasteiger partial charge in [0.05, 0.1) is 21.8 Å². The van der Waals surface area contributed by atoms with Gasteiger partial charge in [-0.05, 0) is 54.1 Å². The molecule has 172 valence electrons.